The van der Waals surface area contributed by atoms with E-state index in [1.54, 1.807) is 13.4 Å². The molecular formula is C18H24N4O. The first-order valence-corrected chi connectivity index (χ1v) is 8.02. The van der Waals surface area contributed by atoms with Crippen LogP contribution in [-0.2, 0) is 19.4 Å². The molecule has 5 nitrogen and oxygen atoms in total. The Morgan fingerprint density at radius 3 is 2.65 bits per heavy atom. The van der Waals surface area contributed by atoms with E-state index in [2.05, 4.69) is 31.9 Å². The number of aromatic nitrogens is 2. The molecule has 0 saturated heterocycles. The summed E-state index contributed by atoms with van der Waals surface area (Å²) in [5.74, 6) is 1.96. The molecule has 2 heterocycles. The van der Waals surface area contributed by atoms with Gasteiger partial charge in [-0.3, -0.25) is 4.90 Å². The van der Waals surface area contributed by atoms with Crippen LogP contribution in [-0.4, -0.2) is 49.2 Å². The molecule has 23 heavy (non-hydrogen) atoms. The zero-order valence-electron chi connectivity index (χ0n) is 14.1. The van der Waals surface area contributed by atoms with Crippen LogP contribution in [0.4, 0.5) is 5.82 Å². The van der Waals surface area contributed by atoms with Gasteiger partial charge < -0.3 is 9.64 Å². The maximum absolute atomic E-state index is 5.21. The molecule has 0 unspecified atom stereocenters. The number of nitrogens with zero attached hydrogens (tertiary/aromatic N) is 4. The van der Waals surface area contributed by atoms with Gasteiger partial charge >= 0.3 is 0 Å². The second-order valence-corrected chi connectivity index (χ2v) is 6.14. The van der Waals surface area contributed by atoms with Crippen molar-refractivity contribution in [1.29, 1.82) is 0 Å². The zero-order valence-corrected chi connectivity index (χ0v) is 14.1. The van der Waals surface area contributed by atoms with Crippen molar-refractivity contribution in [2.75, 3.05) is 39.2 Å². The van der Waals surface area contributed by atoms with Crippen LogP contribution in [0.15, 0.2) is 30.6 Å². The summed E-state index contributed by atoms with van der Waals surface area (Å²) >= 11 is 0. The molecule has 0 N–H and O–H groups in total. The molecule has 1 aromatic heterocycles. The number of fused-ring (bicyclic) bond motifs is 1. The van der Waals surface area contributed by atoms with Crippen molar-refractivity contribution in [3.05, 3.63) is 47.4 Å². The molecule has 0 bridgehead atoms. The number of hydrogen-bond donors (Lipinski definition) is 0. The molecule has 1 aliphatic rings. The van der Waals surface area contributed by atoms with Crippen LogP contribution >= 0.6 is 0 Å². The molecular weight excluding hydrogens is 288 g/mol. The molecule has 5 heteroatoms. The maximum atomic E-state index is 5.21. The van der Waals surface area contributed by atoms with Crippen LogP contribution in [0.3, 0.4) is 0 Å². The van der Waals surface area contributed by atoms with Crippen LogP contribution in [0.2, 0.25) is 0 Å². The number of anilines is 1. The summed E-state index contributed by atoms with van der Waals surface area (Å²) in [5, 5.41) is 0. The minimum absolute atomic E-state index is 0.911. The average molecular weight is 312 g/mol. The average Bonchev–Trinajstić information content (AvgIpc) is 2.59. The summed E-state index contributed by atoms with van der Waals surface area (Å²) in [6.07, 6.45) is 3.73. The lowest BCUT2D eigenvalue weighted by Crippen LogP contribution is -2.34. The Morgan fingerprint density at radius 2 is 1.96 bits per heavy atom. The van der Waals surface area contributed by atoms with E-state index in [9.17, 15) is 0 Å². The normalized spacial score (nSPS) is 14.4. The Bertz CT molecular complexity index is 655. The van der Waals surface area contributed by atoms with Crippen molar-refractivity contribution >= 4 is 5.82 Å². The van der Waals surface area contributed by atoms with Crippen LogP contribution in [0, 0.1) is 0 Å². The predicted molar refractivity (Wildman–Crippen MR) is 92.0 cm³/mol. The highest BCUT2D eigenvalue weighted by Gasteiger charge is 2.21. The standard InChI is InChI=1S/C18H24N4O/c1-21(2)18-16-12-22(11-9-17(16)19-13-20-18)10-8-14-4-6-15(23-3)7-5-14/h4-7,13H,8-12H2,1-3H3. The molecule has 0 atom stereocenters. The van der Waals surface area contributed by atoms with E-state index in [-0.39, 0.29) is 0 Å². The van der Waals surface area contributed by atoms with E-state index in [0.717, 1.165) is 44.0 Å². The third-order valence-corrected chi connectivity index (χ3v) is 4.36. The van der Waals surface area contributed by atoms with Crippen LogP contribution in [0.5, 0.6) is 5.75 Å². The van der Waals surface area contributed by atoms with Gasteiger partial charge in [-0.05, 0) is 24.1 Å². The lowest BCUT2D eigenvalue weighted by molar-refractivity contribution is 0.255. The van der Waals surface area contributed by atoms with Gasteiger partial charge in [-0.25, -0.2) is 9.97 Å². The molecule has 3 rings (SSSR count). The van der Waals surface area contributed by atoms with Gasteiger partial charge in [0.15, 0.2) is 0 Å². The highest BCUT2D eigenvalue weighted by Crippen LogP contribution is 2.24. The Morgan fingerprint density at radius 1 is 1.17 bits per heavy atom. The molecule has 1 aliphatic heterocycles. The fourth-order valence-electron chi connectivity index (χ4n) is 3.04. The van der Waals surface area contributed by atoms with E-state index in [4.69, 9.17) is 4.74 Å². The fourth-order valence-corrected chi connectivity index (χ4v) is 3.04. The van der Waals surface area contributed by atoms with Crippen LogP contribution in [0.1, 0.15) is 16.8 Å². The lowest BCUT2D eigenvalue weighted by atomic mass is 10.0. The summed E-state index contributed by atoms with van der Waals surface area (Å²) in [6.45, 7) is 3.04. The molecule has 1 aromatic carbocycles. The van der Waals surface area contributed by atoms with E-state index < -0.39 is 0 Å². The summed E-state index contributed by atoms with van der Waals surface area (Å²) in [5.41, 5.74) is 3.82. The second kappa shape index (κ2) is 6.96. The number of ether oxygens (including phenoxy) is 1. The summed E-state index contributed by atoms with van der Waals surface area (Å²) in [6, 6.07) is 8.34. The fraction of sp³-hybridized carbons (Fsp3) is 0.444. The van der Waals surface area contributed by atoms with E-state index >= 15 is 0 Å². The number of rotatable bonds is 5. The van der Waals surface area contributed by atoms with Crippen molar-refractivity contribution in [1.82, 2.24) is 14.9 Å². The Hall–Kier alpha value is -2.14. The van der Waals surface area contributed by atoms with Crippen molar-refractivity contribution in [2.45, 2.75) is 19.4 Å². The zero-order chi connectivity index (χ0) is 16.2. The highest BCUT2D eigenvalue weighted by molar-refractivity contribution is 5.48. The molecule has 2 aromatic rings. The lowest BCUT2D eigenvalue weighted by Gasteiger charge is -2.30. The maximum Gasteiger partial charge on any atom is 0.136 e. The Balaban J connectivity index is 1.65. The van der Waals surface area contributed by atoms with Gasteiger partial charge in [0.05, 0.1) is 12.8 Å². The van der Waals surface area contributed by atoms with E-state index in [0.29, 0.717) is 0 Å². The topological polar surface area (TPSA) is 41.5 Å². The third kappa shape index (κ3) is 3.62. The first-order valence-electron chi connectivity index (χ1n) is 8.02. The predicted octanol–water partition coefficient (Wildman–Crippen LogP) is 2.15. The largest absolute Gasteiger partial charge is 0.497 e. The quantitative estimate of drug-likeness (QED) is 0.846. The van der Waals surface area contributed by atoms with Crippen LogP contribution < -0.4 is 9.64 Å². The van der Waals surface area contributed by atoms with Gasteiger partial charge in [-0.1, -0.05) is 12.1 Å². The van der Waals surface area contributed by atoms with Gasteiger partial charge in [0.25, 0.3) is 0 Å². The molecule has 0 aliphatic carbocycles. The second-order valence-electron chi connectivity index (χ2n) is 6.14. The number of benzene rings is 1. The van der Waals surface area contributed by atoms with Crippen molar-refractivity contribution < 1.29 is 4.74 Å². The van der Waals surface area contributed by atoms with Gasteiger partial charge in [0, 0.05) is 45.7 Å². The van der Waals surface area contributed by atoms with Gasteiger partial charge in [-0.15, -0.1) is 0 Å². The van der Waals surface area contributed by atoms with Gasteiger partial charge in [0.2, 0.25) is 0 Å². The number of hydrogen-bond acceptors (Lipinski definition) is 5. The van der Waals surface area contributed by atoms with E-state index in [1.807, 2.05) is 26.2 Å². The van der Waals surface area contributed by atoms with Crippen LogP contribution in [0.25, 0.3) is 0 Å². The first-order chi connectivity index (χ1) is 11.2. The SMILES string of the molecule is COc1ccc(CCN2CCc3ncnc(N(C)C)c3C2)cc1. The molecule has 0 spiro atoms. The highest BCUT2D eigenvalue weighted by atomic mass is 16.5. The monoisotopic (exact) mass is 312 g/mol. The summed E-state index contributed by atoms with van der Waals surface area (Å²) in [7, 11) is 5.78. The number of methoxy groups -OCH3 is 1. The molecule has 0 fully saturated rings. The molecule has 0 amide bonds. The van der Waals surface area contributed by atoms with Crippen molar-refractivity contribution in [2.24, 2.45) is 0 Å². The smallest absolute Gasteiger partial charge is 0.136 e. The van der Waals surface area contributed by atoms with Gasteiger partial charge in [0.1, 0.15) is 17.9 Å². The van der Waals surface area contributed by atoms with Crippen molar-refractivity contribution in [3.8, 4) is 5.75 Å². The molecule has 0 saturated carbocycles. The third-order valence-electron chi connectivity index (χ3n) is 4.36. The molecule has 122 valence electrons. The minimum Gasteiger partial charge on any atom is -0.497 e. The van der Waals surface area contributed by atoms with E-state index in [1.165, 1.54) is 16.8 Å². The summed E-state index contributed by atoms with van der Waals surface area (Å²) < 4.78 is 5.21. The van der Waals surface area contributed by atoms with Gasteiger partial charge in [-0.2, -0.15) is 0 Å². The Kier molecular flexibility index (Phi) is 4.76. The first kappa shape index (κ1) is 15.7. The minimum atomic E-state index is 0.911. The molecule has 0 radical (unpaired) electrons. The summed E-state index contributed by atoms with van der Waals surface area (Å²) in [4.78, 5) is 13.5. The van der Waals surface area contributed by atoms with Crippen molar-refractivity contribution in [3.63, 3.8) is 0 Å². The Labute approximate surface area is 137 Å².